The van der Waals surface area contributed by atoms with Crippen LogP contribution in [0.3, 0.4) is 0 Å². The molecule has 0 spiro atoms. The molecule has 0 radical (unpaired) electrons. The van der Waals surface area contributed by atoms with Crippen LogP contribution >= 0.6 is 0 Å². The molecule has 0 aromatic rings. The number of hydrogen-bond donors (Lipinski definition) is 0. The van der Waals surface area contributed by atoms with Gasteiger partial charge in [0, 0.05) is 0 Å². The lowest BCUT2D eigenvalue weighted by molar-refractivity contribution is 0.229. The highest BCUT2D eigenvalue weighted by Gasteiger charge is 2.24. The first kappa shape index (κ1) is 12.7. The van der Waals surface area contributed by atoms with Crippen molar-refractivity contribution in [2.75, 3.05) is 0 Å². The first-order chi connectivity index (χ1) is 5.75. The van der Waals surface area contributed by atoms with E-state index >= 15 is 0 Å². The Morgan fingerprint density at radius 3 is 1.54 bits per heavy atom. The van der Waals surface area contributed by atoms with Crippen molar-refractivity contribution >= 4 is 0 Å². The van der Waals surface area contributed by atoms with Gasteiger partial charge in [-0.2, -0.15) is 0 Å². The van der Waals surface area contributed by atoms with Crippen LogP contribution in [0.1, 0.15) is 48.5 Å². The van der Waals surface area contributed by atoms with E-state index in [-0.39, 0.29) is 0 Å². The summed E-state index contributed by atoms with van der Waals surface area (Å²) in [6.45, 7) is 16.0. The lowest BCUT2D eigenvalue weighted by Crippen LogP contribution is -2.23. The zero-order chi connectivity index (χ0) is 10.6. The van der Waals surface area contributed by atoms with E-state index in [4.69, 9.17) is 0 Å². The summed E-state index contributed by atoms with van der Waals surface area (Å²) in [6, 6.07) is 0. The molecule has 0 saturated carbocycles. The van der Waals surface area contributed by atoms with Gasteiger partial charge in [0.2, 0.25) is 0 Å². The predicted octanol–water partition coefficient (Wildman–Crippen LogP) is 4.52. The van der Waals surface area contributed by atoms with Gasteiger partial charge in [-0.3, -0.25) is 0 Å². The summed E-state index contributed by atoms with van der Waals surface area (Å²) >= 11 is 0. The fraction of sp³-hybridized carbons (Fsp3) is 0.846. The van der Waals surface area contributed by atoms with Crippen LogP contribution in [0.2, 0.25) is 0 Å². The molecule has 0 aromatic heterocycles. The number of hydrogen-bond acceptors (Lipinski definition) is 0. The maximum Gasteiger partial charge on any atom is -0.0162 e. The van der Waals surface area contributed by atoms with Crippen LogP contribution in [0.5, 0.6) is 0 Å². The second-order valence-corrected chi connectivity index (χ2v) is 5.76. The third-order valence-electron chi connectivity index (χ3n) is 2.42. The molecular weight excluding hydrogens is 156 g/mol. The molecule has 0 saturated heterocycles. The van der Waals surface area contributed by atoms with Crippen LogP contribution in [0.25, 0.3) is 0 Å². The monoisotopic (exact) mass is 182 g/mol. The predicted molar refractivity (Wildman–Crippen MR) is 61.8 cm³/mol. The third-order valence-corrected chi connectivity index (χ3v) is 2.42. The fourth-order valence-corrected chi connectivity index (χ4v) is 1.85. The molecule has 0 fully saturated rings. The van der Waals surface area contributed by atoms with Crippen LogP contribution in [-0.2, 0) is 0 Å². The largest absolute Gasteiger partial charge is 0.0857 e. The Morgan fingerprint density at radius 1 is 0.846 bits per heavy atom. The SMILES string of the molecule is CC(C)/C=C/C(C(C)C)C(C)(C)C. The molecule has 0 aliphatic carbocycles. The Labute approximate surface area is 84.4 Å². The molecule has 0 heterocycles. The highest BCUT2D eigenvalue weighted by molar-refractivity contribution is 4.96. The first-order valence-corrected chi connectivity index (χ1v) is 5.43. The van der Waals surface area contributed by atoms with Gasteiger partial charge in [-0.25, -0.2) is 0 Å². The van der Waals surface area contributed by atoms with E-state index in [1.807, 2.05) is 0 Å². The molecular formula is C13H26. The Kier molecular flexibility index (Phi) is 4.74. The molecule has 13 heavy (non-hydrogen) atoms. The second kappa shape index (κ2) is 4.83. The summed E-state index contributed by atoms with van der Waals surface area (Å²) in [4.78, 5) is 0. The molecule has 0 N–H and O–H groups in total. The molecule has 78 valence electrons. The third kappa shape index (κ3) is 5.13. The molecule has 1 unspecified atom stereocenters. The average Bonchev–Trinajstić information content (AvgIpc) is 1.81. The van der Waals surface area contributed by atoms with Crippen molar-refractivity contribution in [1.82, 2.24) is 0 Å². The van der Waals surface area contributed by atoms with Crippen LogP contribution < -0.4 is 0 Å². The number of allylic oxidation sites excluding steroid dienone is 2. The minimum Gasteiger partial charge on any atom is -0.0857 e. The van der Waals surface area contributed by atoms with E-state index < -0.39 is 0 Å². The van der Waals surface area contributed by atoms with Gasteiger partial charge >= 0.3 is 0 Å². The van der Waals surface area contributed by atoms with E-state index in [1.165, 1.54) is 0 Å². The van der Waals surface area contributed by atoms with Gasteiger partial charge < -0.3 is 0 Å². The molecule has 0 aromatic carbocycles. The molecule has 0 nitrogen and oxygen atoms in total. The van der Waals surface area contributed by atoms with E-state index in [0.29, 0.717) is 17.3 Å². The first-order valence-electron chi connectivity index (χ1n) is 5.43. The quantitative estimate of drug-likeness (QED) is 0.563. The van der Waals surface area contributed by atoms with Crippen LogP contribution in [0.4, 0.5) is 0 Å². The topological polar surface area (TPSA) is 0 Å². The lowest BCUT2D eigenvalue weighted by atomic mass is 9.74. The molecule has 0 bridgehead atoms. The average molecular weight is 182 g/mol. The van der Waals surface area contributed by atoms with Gasteiger partial charge in [0.05, 0.1) is 0 Å². The van der Waals surface area contributed by atoms with Crippen molar-refractivity contribution in [1.29, 1.82) is 0 Å². The summed E-state index contributed by atoms with van der Waals surface area (Å²) < 4.78 is 0. The summed E-state index contributed by atoms with van der Waals surface area (Å²) in [6.07, 6.45) is 4.73. The van der Waals surface area contributed by atoms with E-state index in [9.17, 15) is 0 Å². The molecule has 0 amide bonds. The maximum absolute atomic E-state index is 2.40. The minimum absolute atomic E-state index is 0.388. The lowest BCUT2D eigenvalue weighted by Gasteiger charge is -2.31. The summed E-state index contributed by atoms with van der Waals surface area (Å²) in [5.41, 5.74) is 0.388. The van der Waals surface area contributed by atoms with Crippen molar-refractivity contribution in [3.8, 4) is 0 Å². The summed E-state index contributed by atoms with van der Waals surface area (Å²) in [7, 11) is 0. The smallest absolute Gasteiger partial charge is 0.0162 e. The van der Waals surface area contributed by atoms with Gasteiger partial charge in [-0.1, -0.05) is 60.6 Å². The molecule has 0 aliphatic rings. The molecule has 0 heteroatoms. The van der Waals surface area contributed by atoms with Crippen molar-refractivity contribution < 1.29 is 0 Å². The van der Waals surface area contributed by atoms with Gasteiger partial charge in [-0.15, -0.1) is 0 Å². The van der Waals surface area contributed by atoms with Gasteiger partial charge in [-0.05, 0) is 23.2 Å². The Balaban J connectivity index is 4.46. The van der Waals surface area contributed by atoms with Gasteiger partial charge in [0.25, 0.3) is 0 Å². The van der Waals surface area contributed by atoms with Crippen LogP contribution in [-0.4, -0.2) is 0 Å². The summed E-state index contributed by atoms with van der Waals surface area (Å²) in [5.74, 6) is 2.09. The molecule has 1 atom stereocenters. The highest BCUT2D eigenvalue weighted by Crippen LogP contribution is 2.33. The van der Waals surface area contributed by atoms with Crippen molar-refractivity contribution in [3.05, 3.63) is 12.2 Å². The Hall–Kier alpha value is -0.260. The van der Waals surface area contributed by atoms with Crippen LogP contribution in [0.15, 0.2) is 12.2 Å². The van der Waals surface area contributed by atoms with E-state index in [0.717, 1.165) is 5.92 Å². The van der Waals surface area contributed by atoms with Gasteiger partial charge in [0.1, 0.15) is 0 Å². The highest BCUT2D eigenvalue weighted by atomic mass is 14.3. The number of rotatable bonds is 3. The Bertz CT molecular complexity index is 155. The van der Waals surface area contributed by atoms with Crippen molar-refractivity contribution in [3.63, 3.8) is 0 Å². The molecule has 0 rings (SSSR count). The van der Waals surface area contributed by atoms with Crippen molar-refractivity contribution in [2.45, 2.75) is 48.5 Å². The van der Waals surface area contributed by atoms with E-state index in [1.54, 1.807) is 0 Å². The normalized spacial score (nSPS) is 16.1. The molecule has 0 aliphatic heterocycles. The minimum atomic E-state index is 0.388. The van der Waals surface area contributed by atoms with Gasteiger partial charge in [0.15, 0.2) is 0 Å². The second-order valence-electron chi connectivity index (χ2n) is 5.76. The zero-order valence-electron chi connectivity index (χ0n) is 10.4. The standard InChI is InChI=1S/C13H26/c1-10(2)8-9-12(11(3)4)13(5,6)7/h8-12H,1-7H3/b9-8+. The van der Waals surface area contributed by atoms with Crippen molar-refractivity contribution in [2.24, 2.45) is 23.2 Å². The maximum atomic E-state index is 2.40. The van der Waals surface area contributed by atoms with Crippen LogP contribution in [0, 0.1) is 23.2 Å². The fourth-order valence-electron chi connectivity index (χ4n) is 1.85. The Morgan fingerprint density at radius 2 is 1.31 bits per heavy atom. The summed E-state index contributed by atoms with van der Waals surface area (Å²) in [5, 5.41) is 0. The zero-order valence-corrected chi connectivity index (χ0v) is 10.4. The van der Waals surface area contributed by atoms with E-state index in [2.05, 4.69) is 60.6 Å².